The Morgan fingerprint density at radius 2 is 1.88 bits per heavy atom. The van der Waals surface area contributed by atoms with Crippen molar-refractivity contribution in [2.45, 2.75) is 13.8 Å². The molecule has 25 heavy (non-hydrogen) atoms. The fraction of sp³-hybridized carbons (Fsp3) is 0.421. The number of hydrogen-bond acceptors (Lipinski definition) is 4. The largest absolute Gasteiger partial charge is 0.355 e. The van der Waals surface area contributed by atoms with Crippen molar-refractivity contribution >= 4 is 22.7 Å². The highest BCUT2D eigenvalue weighted by Crippen LogP contribution is 2.20. The monoisotopic (exact) mass is 340 g/mol. The molecule has 6 nitrogen and oxygen atoms in total. The summed E-state index contributed by atoms with van der Waals surface area (Å²) in [7, 11) is 0. The van der Waals surface area contributed by atoms with Crippen molar-refractivity contribution in [2.75, 3.05) is 39.3 Å². The molecule has 2 amide bonds. The van der Waals surface area contributed by atoms with E-state index >= 15 is 0 Å². The first-order valence-corrected chi connectivity index (χ1v) is 8.73. The Morgan fingerprint density at radius 3 is 2.60 bits per heavy atom. The smallest absolute Gasteiger partial charge is 0.254 e. The van der Waals surface area contributed by atoms with E-state index in [9.17, 15) is 9.59 Å². The van der Waals surface area contributed by atoms with Crippen LogP contribution in [0.1, 0.15) is 23.0 Å². The van der Waals surface area contributed by atoms with Gasteiger partial charge in [0.05, 0.1) is 17.6 Å². The van der Waals surface area contributed by atoms with E-state index < -0.39 is 0 Å². The minimum absolute atomic E-state index is 0.0398. The standard InChI is InChI=1S/C19H24N4O2/c1-3-20-18(24)13-22-8-10-23(11-9-22)19(25)16-12-14(2)21-17-7-5-4-6-15(16)17/h4-7,12H,3,8-11,13H2,1-2H3,(H,20,24). The number of carbonyl (C=O) groups is 2. The van der Waals surface area contributed by atoms with Gasteiger partial charge in [0.1, 0.15) is 0 Å². The van der Waals surface area contributed by atoms with Crippen LogP contribution in [0.15, 0.2) is 30.3 Å². The summed E-state index contributed by atoms with van der Waals surface area (Å²) < 4.78 is 0. The third kappa shape index (κ3) is 3.96. The van der Waals surface area contributed by atoms with E-state index in [2.05, 4.69) is 15.2 Å². The van der Waals surface area contributed by atoms with Crippen molar-refractivity contribution < 1.29 is 9.59 Å². The fourth-order valence-corrected chi connectivity index (χ4v) is 3.22. The number of fused-ring (bicyclic) bond motifs is 1. The van der Waals surface area contributed by atoms with Crippen LogP contribution >= 0.6 is 0 Å². The molecule has 2 aromatic rings. The van der Waals surface area contributed by atoms with E-state index in [0.29, 0.717) is 44.8 Å². The molecule has 0 radical (unpaired) electrons. The highest BCUT2D eigenvalue weighted by molar-refractivity contribution is 6.06. The number of pyridine rings is 1. The van der Waals surface area contributed by atoms with Crippen molar-refractivity contribution in [1.29, 1.82) is 0 Å². The molecule has 1 N–H and O–H groups in total. The summed E-state index contributed by atoms with van der Waals surface area (Å²) in [6, 6.07) is 9.61. The molecule has 1 aliphatic heterocycles. The minimum Gasteiger partial charge on any atom is -0.355 e. The van der Waals surface area contributed by atoms with Gasteiger partial charge in [0.2, 0.25) is 5.91 Å². The van der Waals surface area contributed by atoms with Crippen LogP contribution in [0.2, 0.25) is 0 Å². The maximum Gasteiger partial charge on any atom is 0.254 e. The van der Waals surface area contributed by atoms with E-state index in [1.54, 1.807) is 0 Å². The molecular weight excluding hydrogens is 316 g/mol. The summed E-state index contributed by atoms with van der Waals surface area (Å²) in [5.74, 6) is 0.0809. The van der Waals surface area contributed by atoms with Crippen LogP contribution in [0.4, 0.5) is 0 Å². The number of benzene rings is 1. The summed E-state index contributed by atoms with van der Waals surface area (Å²) in [5, 5.41) is 3.70. The van der Waals surface area contributed by atoms with Gasteiger partial charge >= 0.3 is 0 Å². The van der Waals surface area contributed by atoms with E-state index in [-0.39, 0.29) is 11.8 Å². The first-order valence-electron chi connectivity index (χ1n) is 8.73. The number of rotatable bonds is 4. The average molecular weight is 340 g/mol. The molecule has 0 spiro atoms. The maximum absolute atomic E-state index is 13.0. The SMILES string of the molecule is CCNC(=O)CN1CCN(C(=O)c2cc(C)nc3ccccc23)CC1. The predicted octanol–water partition coefficient (Wildman–Crippen LogP) is 1.44. The number of likely N-dealkylation sites (N-methyl/N-ethyl adjacent to an activating group) is 1. The normalized spacial score (nSPS) is 15.4. The molecule has 1 aromatic heterocycles. The van der Waals surface area contributed by atoms with Gasteiger partial charge in [-0.15, -0.1) is 0 Å². The second kappa shape index (κ2) is 7.61. The third-order valence-corrected chi connectivity index (χ3v) is 4.48. The zero-order valence-corrected chi connectivity index (χ0v) is 14.8. The molecule has 0 saturated carbocycles. The Kier molecular flexibility index (Phi) is 5.28. The van der Waals surface area contributed by atoms with Crippen LogP contribution in [0.25, 0.3) is 10.9 Å². The second-order valence-corrected chi connectivity index (χ2v) is 6.35. The Hall–Kier alpha value is -2.47. The molecule has 0 unspecified atom stereocenters. The van der Waals surface area contributed by atoms with E-state index in [1.807, 2.05) is 49.1 Å². The highest BCUT2D eigenvalue weighted by atomic mass is 16.2. The van der Waals surface area contributed by atoms with Crippen molar-refractivity contribution in [1.82, 2.24) is 20.1 Å². The number of aryl methyl sites for hydroxylation is 1. The van der Waals surface area contributed by atoms with Crippen LogP contribution in [0.3, 0.4) is 0 Å². The van der Waals surface area contributed by atoms with Gasteiger partial charge in [-0.25, -0.2) is 0 Å². The molecule has 6 heteroatoms. The Balaban J connectivity index is 1.70. The number of nitrogens with zero attached hydrogens (tertiary/aromatic N) is 3. The zero-order valence-electron chi connectivity index (χ0n) is 14.8. The van der Waals surface area contributed by atoms with Crippen molar-refractivity contribution in [3.05, 3.63) is 41.6 Å². The van der Waals surface area contributed by atoms with Crippen LogP contribution in [-0.2, 0) is 4.79 Å². The predicted molar refractivity (Wildman–Crippen MR) is 97.5 cm³/mol. The lowest BCUT2D eigenvalue weighted by molar-refractivity contribution is -0.122. The summed E-state index contributed by atoms with van der Waals surface area (Å²) in [5.41, 5.74) is 2.40. The quantitative estimate of drug-likeness (QED) is 0.915. The van der Waals surface area contributed by atoms with Crippen molar-refractivity contribution in [3.8, 4) is 0 Å². The summed E-state index contributed by atoms with van der Waals surface area (Å²) in [4.78, 5) is 33.2. The molecular formula is C19H24N4O2. The number of carbonyl (C=O) groups excluding carboxylic acids is 2. The molecule has 3 rings (SSSR count). The summed E-state index contributed by atoms with van der Waals surface area (Å²) in [6.45, 7) is 7.56. The third-order valence-electron chi connectivity index (χ3n) is 4.48. The molecule has 0 bridgehead atoms. The average Bonchev–Trinajstić information content (AvgIpc) is 2.61. The van der Waals surface area contributed by atoms with E-state index in [4.69, 9.17) is 0 Å². The van der Waals surface area contributed by atoms with Gasteiger partial charge in [-0.2, -0.15) is 0 Å². The first kappa shape index (κ1) is 17.4. The number of piperazine rings is 1. The van der Waals surface area contributed by atoms with E-state index in [1.165, 1.54) is 0 Å². The molecule has 2 heterocycles. The topological polar surface area (TPSA) is 65.5 Å². The molecule has 0 aliphatic carbocycles. The number of amides is 2. The number of aromatic nitrogens is 1. The number of nitrogens with one attached hydrogen (secondary N) is 1. The van der Waals surface area contributed by atoms with Crippen molar-refractivity contribution in [3.63, 3.8) is 0 Å². The van der Waals surface area contributed by atoms with E-state index in [0.717, 1.165) is 16.6 Å². The van der Waals surface area contributed by atoms with Crippen LogP contribution < -0.4 is 5.32 Å². The van der Waals surface area contributed by atoms with Gasteiger partial charge in [0.15, 0.2) is 0 Å². The Morgan fingerprint density at radius 1 is 1.16 bits per heavy atom. The Labute approximate surface area is 147 Å². The lowest BCUT2D eigenvalue weighted by Gasteiger charge is -2.34. The van der Waals surface area contributed by atoms with Gasteiger partial charge in [0, 0.05) is 43.8 Å². The lowest BCUT2D eigenvalue weighted by Crippen LogP contribution is -2.51. The highest BCUT2D eigenvalue weighted by Gasteiger charge is 2.24. The summed E-state index contributed by atoms with van der Waals surface area (Å²) in [6.07, 6.45) is 0. The van der Waals surface area contributed by atoms with Gasteiger partial charge in [-0.1, -0.05) is 18.2 Å². The maximum atomic E-state index is 13.0. The summed E-state index contributed by atoms with van der Waals surface area (Å²) >= 11 is 0. The molecule has 0 atom stereocenters. The zero-order chi connectivity index (χ0) is 17.8. The minimum atomic E-state index is 0.0398. The molecule has 1 aliphatic rings. The van der Waals surface area contributed by atoms with Crippen molar-refractivity contribution in [2.24, 2.45) is 0 Å². The number of para-hydroxylation sites is 1. The number of hydrogen-bond donors (Lipinski definition) is 1. The fourth-order valence-electron chi connectivity index (χ4n) is 3.22. The molecule has 1 fully saturated rings. The molecule has 132 valence electrons. The van der Waals surface area contributed by atoms with Gasteiger partial charge in [-0.3, -0.25) is 19.5 Å². The second-order valence-electron chi connectivity index (χ2n) is 6.35. The molecule has 1 saturated heterocycles. The molecule has 1 aromatic carbocycles. The van der Waals surface area contributed by atoms with Gasteiger partial charge in [-0.05, 0) is 26.0 Å². The van der Waals surface area contributed by atoms with Crippen LogP contribution in [0, 0.1) is 6.92 Å². The van der Waals surface area contributed by atoms with Gasteiger partial charge in [0.25, 0.3) is 5.91 Å². The lowest BCUT2D eigenvalue weighted by atomic mass is 10.1. The van der Waals surface area contributed by atoms with Crippen LogP contribution in [-0.4, -0.2) is 65.9 Å². The van der Waals surface area contributed by atoms with Crippen LogP contribution in [0.5, 0.6) is 0 Å². The first-order chi connectivity index (χ1) is 12.1. The van der Waals surface area contributed by atoms with Gasteiger partial charge < -0.3 is 10.2 Å². The Bertz CT molecular complexity index is 782.